The van der Waals surface area contributed by atoms with Gasteiger partial charge in [0.25, 0.3) is 5.91 Å². The molecule has 0 spiro atoms. The summed E-state index contributed by atoms with van der Waals surface area (Å²) in [6.07, 6.45) is -1.16. The van der Waals surface area contributed by atoms with Crippen molar-refractivity contribution >= 4 is 29.5 Å². The lowest BCUT2D eigenvalue weighted by Crippen LogP contribution is -2.42. The summed E-state index contributed by atoms with van der Waals surface area (Å²) in [6.45, 7) is 0.879. The molecule has 0 heterocycles. The second-order valence-electron chi connectivity index (χ2n) is 3.70. The summed E-state index contributed by atoms with van der Waals surface area (Å²) >= 11 is 5.83. The van der Waals surface area contributed by atoms with Crippen molar-refractivity contribution in [1.29, 1.82) is 0 Å². The minimum absolute atomic E-state index is 0.320. The Balaban J connectivity index is 2.42. The number of carbonyl (C=O) groups excluding carboxylic acids is 3. The lowest BCUT2D eigenvalue weighted by atomic mass is 10.3. The fourth-order valence-electron chi connectivity index (χ4n) is 1.21. The standard InChI is InChI=1S/C12H13ClN2O5/c1-7(11(17)15-12(14)18)20-10(16)6-19-9-5-3-2-4-8(9)13/h2-5,7H,6H2,1H3,(H3,14,15,17,18)/t7-/m0/s1. The molecule has 3 amide bonds. The number of halogens is 1. The molecule has 0 aromatic heterocycles. The molecule has 0 aliphatic carbocycles. The Labute approximate surface area is 120 Å². The summed E-state index contributed by atoms with van der Waals surface area (Å²) in [7, 11) is 0. The molecule has 0 saturated heterocycles. The smallest absolute Gasteiger partial charge is 0.344 e. The molecule has 0 saturated carbocycles. The zero-order valence-corrected chi connectivity index (χ0v) is 11.3. The number of urea groups is 1. The third-order valence-corrected chi connectivity index (χ3v) is 2.42. The zero-order chi connectivity index (χ0) is 15.1. The van der Waals surface area contributed by atoms with E-state index in [0.29, 0.717) is 10.8 Å². The summed E-state index contributed by atoms with van der Waals surface area (Å²) in [5.74, 6) is -1.28. The van der Waals surface area contributed by atoms with Gasteiger partial charge in [0.05, 0.1) is 5.02 Å². The highest BCUT2D eigenvalue weighted by Gasteiger charge is 2.19. The normalized spacial score (nSPS) is 11.3. The Bertz CT molecular complexity index is 520. The number of primary amides is 1. The van der Waals surface area contributed by atoms with Crippen LogP contribution in [0.4, 0.5) is 4.79 Å². The van der Waals surface area contributed by atoms with E-state index < -0.39 is 30.6 Å². The molecular weight excluding hydrogens is 288 g/mol. The topological polar surface area (TPSA) is 108 Å². The van der Waals surface area contributed by atoms with Crippen molar-refractivity contribution < 1.29 is 23.9 Å². The largest absolute Gasteiger partial charge is 0.480 e. The van der Waals surface area contributed by atoms with Crippen LogP contribution in [0.25, 0.3) is 0 Å². The first-order chi connectivity index (χ1) is 9.40. The van der Waals surface area contributed by atoms with Crippen LogP contribution in [-0.4, -0.2) is 30.6 Å². The first kappa shape index (κ1) is 15.8. The van der Waals surface area contributed by atoms with Crippen LogP contribution in [0.15, 0.2) is 24.3 Å². The Morgan fingerprint density at radius 1 is 1.35 bits per heavy atom. The van der Waals surface area contributed by atoms with Crippen LogP contribution < -0.4 is 15.8 Å². The molecule has 8 heteroatoms. The van der Waals surface area contributed by atoms with Crippen LogP contribution in [-0.2, 0) is 14.3 Å². The van der Waals surface area contributed by atoms with Crippen molar-refractivity contribution in [3.63, 3.8) is 0 Å². The summed E-state index contributed by atoms with van der Waals surface area (Å²) in [5, 5.41) is 2.14. The van der Waals surface area contributed by atoms with Gasteiger partial charge in [0.1, 0.15) is 5.75 Å². The van der Waals surface area contributed by atoms with E-state index in [4.69, 9.17) is 26.8 Å². The number of amides is 3. The van der Waals surface area contributed by atoms with Crippen LogP contribution in [0.3, 0.4) is 0 Å². The summed E-state index contributed by atoms with van der Waals surface area (Å²) in [6, 6.07) is 5.56. The number of rotatable bonds is 5. The molecule has 3 N–H and O–H groups in total. The number of imide groups is 1. The second-order valence-corrected chi connectivity index (χ2v) is 4.11. The van der Waals surface area contributed by atoms with Gasteiger partial charge >= 0.3 is 12.0 Å². The molecule has 0 radical (unpaired) electrons. The predicted octanol–water partition coefficient (Wildman–Crippen LogP) is 0.845. The number of ether oxygens (including phenoxy) is 2. The predicted molar refractivity (Wildman–Crippen MR) is 70.2 cm³/mol. The average Bonchev–Trinajstić information content (AvgIpc) is 2.37. The van der Waals surface area contributed by atoms with E-state index in [2.05, 4.69) is 0 Å². The average molecular weight is 301 g/mol. The number of nitrogens with two attached hydrogens (primary N) is 1. The van der Waals surface area contributed by atoms with E-state index in [1.165, 1.54) is 6.92 Å². The lowest BCUT2D eigenvalue weighted by molar-refractivity contribution is -0.156. The number of hydrogen-bond acceptors (Lipinski definition) is 5. The number of nitrogens with one attached hydrogen (secondary N) is 1. The molecule has 0 aliphatic rings. The van der Waals surface area contributed by atoms with Crippen molar-refractivity contribution in [3.8, 4) is 5.75 Å². The zero-order valence-electron chi connectivity index (χ0n) is 10.6. The number of esters is 1. The maximum atomic E-state index is 11.4. The highest BCUT2D eigenvalue weighted by molar-refractivity contribution is 6.32. The van der Waals surface area contributed by atoms with Gasteiger partial charge in [0, 0.05) is 0 Å². The third-order valence-electron chi connectivity index (χ3n) is 2.11. The van der Waals surface area contributed by atoms with E-state index in [1.807, 2.05) is 0 Å². The van der Waals surface area contributed by atoms with E-state index >= 15 is 0 Å². The third kappa shape index (κ3) is 5.15. The molecule has 1 aromatic rings. The summed E-state index contributed by atoms with van der Waals surface area (Å²) in [5.41, 5.74) is 4.76. The minimum Gasteiger partial charge on any atom is -0.480 e. The van der Waals surface area contributed by atoms with E-state index in [1.54, 1.807) is 29.6 Å². The molecule has 0 fully saturated rings. The summed E-state index contributed by atoms with van der Waals surface area (Å²) < 4.78 is 9.88. The molecule has 108 valence electrons. The fraction of sp³-hybridized carbons (Fsp3) is 0.250. The van der Waals surface area contributed by atoms with Gasteiger partial charge in [-0.15, -0.1) is 0 Å². The molecule has 7 nitrogen and oxygen atoms in total. The molecule has 20 heavy (non-hydrogen) atoms. The van der Waals surface area contributed by atoms with Gasteiger partial charge in [-0.3, -0.25) is 10.1 Å². The SMILES string of the molecule is C[C@H](OC(=O)COc1ccccc1Cl)C(=O)NC(N)=O. The highest BCUT2D eigenvalue weighted by atomic mass is 35.5. The first-order valence-corrected chi connectivity index (χ1v) is 5.95. The van der Waals surface area contributed by atoms with Crippen LogP contribution in [0.1, 0.15) is 6.92 Å². The molecular formula is C12H13ClN2O5. The second kappa shape index (κ2) is 7.34. The molecule has 0 aliphatic heterocycles. The number of carbonyl (C=O) groups is 3. The summed E-state index contributed by atoms with van der Waals surface area (Å²) in [4.78, 5) is 33.2. The van der Waals surface area contributed by atoms with Crippen LogP contribution >= 0.6 is 11.6 Å². The van der Waals surface area contributed by atoms with Crippen molar-refractivity contribution in [2.24, 2.45) is 5.73 Å². The molecule has 1 atom stereocenters. The molecule has 0 unspecified atom stereocenters. The van der Waals surface area contributed by atoms with Crippen molar-refractivity contribution in [2.75, 3.05) is 6.61 Å². The van der Waals surface area contributed by atoms with Crippen molar-refractivity contribution in [3.05, 3.63) is 29.3 Å². The maximum Gasteiger partial charge on any atom is 0.344 e. The Morgan fingerprint density at radius 2 is 2.00 bits per heavy atom. The van der Waals surface area contributed by atoms with E-state index in [0.717, 1.165) is 0 Å². The van der Waals surface area contributed by atoms with E-state index in [-0.39, 0.29) is 0 Å². The quantitative estimate of drug-likeness (QED) is 0.784. The van der Waals surface area contributed by atoms with Crippen molar-refractivity contribution in [1.82, 2.24) is 5.32 Å². The Morgan fingerprint density at radius 3 is 2.60 bits per heavy atom. The van der Waals surface area contributed by atoms with Gasteiger partial charge in [-0.1, -0.05) is 23.7 Å². The maximum absolute atomic E-state index is 11.4. The molecule has 0 bridgehead atoms. The van der Waals surface area contributed by atoms with Gasteiger partial charge in [-0.2, -0.15) is 0 Å². The number of para-hydroxylation sites is 1. The monoisotopic (exact) mass is 300 g/mol. The van der Waals surface area contributed by atoms with Gasteiger partial charge in [0.15, 0.2) is 12.7 Å². The van der Waals surface area contributed by atoms with Gasteiger partial charge in [0.2, 0.25) is 0 Å². The first-order valence-electron chi connectivity index (χ1n) is 5.57. The van der Waals surface area contributed by atoms with Gasteiger partial charge in [-0.25, -0.2) is 9.59 Å². The van der Waals surface area contributed by atoms with E-state index in [9.17, 15) is 14.4 Å². The fourth-order valence-corrected chi connectivity index (χ4v) is 1.40. The Hall–Kier alpha value is -2.28. The number of hydrogen-bond donors (Lipinski definition) is 2. The van der Waals surface area contributed by atoms with Crippen molar-refractivity contribution in [2.45, 2.75) is 13.0 Å². The highest BCUT2D eigenvalue weighted by Crippen LogP contribution is 2.22. The van der Waals surface area contributed by atoms with Crippen LogP contribution in [0, 0.1) is 0 Å². The van der Waals surface area contributed by atoms with Crippen LogP contribution in [0.2, 0.25) is 5.02 Å². The Kier molecular flexibility index (Phi) is 5.79. The lowest BCUT2D eigenvalue weighted by Gasteiger charge is -2.12. The number of benzene rings is 1. The van der Waals surface area contributed by atoms with Crippen LogP contribution in [0.5, 0.6) is 5.75 Å². The minimum atomic E-state index is -1.16. The molecule has 1 rings (SSSR count). The molecule has 1 aromatic carbocycles. The van der Waals surface area contributed by atoms with Gasteiger partial charge in [-0.05, 0) is 19.1 Å². The van der Waals surface area contributed by atoms with Gasteiger partial charge < -0.3 is 15.2 Å².